The first-order chi connectivity index (χ1) is 15.0. The van der Waals surface area contributed by atoms with Crippen molar-refractivity contribution >= 4 is 39.1 Å². The number of benzene rings is 2. The molecule has 0 radical (unpaired) electrons. The third-order valence-electron chi connectivity index (χ3n) is 4.87. The minimum absolute atomic E-state index is 0.0564. The van der Waals surface area contributed by atoms with Crippen LogP contribution in [0.4, 0.5) is 10.1 Å². The van der Waals surface area contributed by atoms with Gasteiger partial charge in [-0.2, -0.15) is 0 Å². The van der Waals surface area contributed by atoms with E-state index in [1.165, 1.54) is 11.0 Å². The number of hydrogen-bond donors (Lipinski definition) is 1. The molecule has 2 aromatic rings. The summed E-state index contributed by atoms with van der Waals surface area (Å²) < 4.78 is 39.2. The first-order valence-corrected chi connectivity index (χ1v) is 12.3. The van der Waals surface area contributed by atoms with E-state index >= 15 is 0 Å². The molecule has 0 saturated carbocycles. The Morgan fingerprint density at radius 3 is 2.38 bits per heavy atom. The number of carbonyl (C=O) groups is 2. The van der Waals surface area contributed by atoms with Gasteiger partial charge in [-0.25, -0.2) is 12.8 Å². The lowest BCUT2D eigenvalue weighted by molar-refractivity contribution is -0.138. The van der Waals surface area contributed by atoms with Crippen molar-refractivity contribution in [1.29, 1.82) is 0 Å². The highest BCUT2D eigenvalue weighted by Crippen LogP contribution is 2.24. The van der Waals surface area contributed by atoms with E-state index in [9.17, 15) is 22.4 Å². The Bertz CT molecular complexity index is 1050. The standard InChI is InChI=1S/C22H27ClFN3O4S/c1-4-25-22(29)16(2)26(13-12-17-8-6-5-7-9-17)21(28)15-27(32(3,30)31)18-10-11-20(24)19(23)14-18/h5-11,14,16H,4,12-13,15H2,1-3H3,(H,25,29). The molecule has 0 spiro atoms. The summed E-state index contributed by atoms with van der Waals surface area (Å²) in [5, 5.41) is 2.42. The Morgan fingerprint density at radius 1 is 1.16 bits per heavy atom. The second-order valence-corrected chi connectivity index (χ2v) is 9.58. The number of anilines is 1. The lowest BCUT2D eigenvalue weighted by Gasteiger charge is -2.31. The van der Waals surface area contributed by atoms with E-state index in [4.69, 9.17) is 11.6 Å². The van der Waals surface area contributed by atoms with Crippen LogP contribution in [0.15, 0.2) is 48.5 Å². The van der Waals surface area contributed by atoms with Crippen molar-refractivity contribution in [3.63, 3.8) is 0 Å². The Hall–Kier alpha value is -2.65. The molecule has 1 atom stereocenters. The predicted octanol–water partition coefficient (Wildman–Crippen LogP) is 2.84. The fraction of sp³-hybridized carbons (Fsp3) is 0.364. The molecular formula is C22H27ClFN3O4S. The first kappa shape index (κ1) is 25.6. The van der Waals surface area contributed by atoms with Crippen LogP contribution in [-0.2, 0) is 26.0 Å². The topological polar surface area (TPSA) is 86.8 Å². The van der Waals surface area contributed by atoms with Crippen LogP contribution >= 0.6 is 11.6 Å². The van der Waals surface area contributed by atoms with Crippen molar-refractivity contribution in [3.8, 4) is 0 Å². The zero-order valence-corrected chi connectivity index (χ0v) is 19.8. The van der Waals surface area contributed by atoms with Gasteiger partial charge >= 0.3 is 0 Å². The maximum atomic E-state index is 13.6. The highest BCUT2D eigenvalue weighted by atomic mass is 35.5. The lowest BCUT2D eigenvalue weighted by atomic mass is 10.1. The van der Waals surface area contributed by atoms with E-state index < -0.39 is 34.3 Å². The van der Waals surface area contributed by atoms with Crippen molar-refractivity contribution in [2.24, 2.45) is 0 Å². The molecule has 0 aliphatic rings. The minimum atomic E-state index is -3.90. The third kappa shape index (κ3) is 6.93. The SMILES string of the molecule is CCNC(=O)C(C)N(CCc1ccccc1)C(=O)CN(c1ccc(F)c(Cl)c1)S(C)(=O)=O. The van der Waals surface area contributed by atoms with E-state index in [1.54, 1.807) is 13.8 Å². The Balaban J connectivity index is 2.31. The van der Waals surface area contributed by atoms with Gasteiger partial charge in [0.05, 0.1) is 17.0 Å². The number of hydrogen-bond acceptors (Lipinski definition) is 4. The number of rotatable bonds is 10. The first-order valence-electron chi connectivity index (χ1n) is 10.1. The highest BCUT2D eigenvalue weighted by Gasteiger charge is 2.29. The normalized spacial score (nSPS) is 12.2. The highest BCUT2D eigenvalue weighted by molar-refractivity contribution is 7.92. The summed E-state index contributed by atoms with van der Waals surface area (Å²) in [6.45, 7) is 3.41. The molecule has 0 heterocycles. The summed E-state index contributed by atoms with van der Waals surface area (Å²) in [6.07, 6.45) is 1.43. The summed E-state index contributed by atoms with van der Waals surface area (Å²) in [5.74, 6) is -1.61. The van der Waals surface area contributed by atoms with Crippen LogP contribution in [0, 0.1) is 5.82 Å². The molecule has 2 rings (SSSR count). The summed E-state index contributed by atoms with van der Waals surface area (Å²) >= 11 is 5.81. The van der Waals surface area contributed by atoms with Crippen LogP contribution in [0.25, 0.3) is 0 Å². The molecule has 1 N–H and O–H groups in total. The van der Waals surface area contributed by atoms with Crippen LogP contribution in [0.2, 0.25) is 5.02 Å². The quantitative estimate of drug-likeness (QED) is 0.563. The van der Waals surface area contributed by atoms with Gasteiger partial charge in [0.1, 0.15) is 18.4 Å². The number of amides is 2. The fourth-order valence-electron chi connectivity index (χ4n) is 3.15. The number of sulfonamides is 1. The van der Waals surface area contributed by atoms with E-state index in [1.807, 2.05) is 30.3 Å². The third-order valence-corrected chi connectivity index (χ3v) is 6.30. The van der Waals surface area contributed by atoms with Crippen molar-refractivity contribution in [3.05, 3.63) is 64.9 Å². The molecule has 2 aromatic carbocycles. The molecule has 0 bridgehead atoms. The second kappa shape index (κ2) is 11.3. The number of likely N-dealkylation sites (N-methyl/N-ethyl adjacent to an activating group) is 1. The van der Waals surface area contributed by atoms with E-state index in [0.717, 1.165) is 28.3 Å². The van der Waals surface area contributed by atoms with E-state index in [2.05, 4.69) is 5.32 Å². The van der Waals surface area contributed by atoms with Gasteiger partial charge in [0.15, 0.2) is 0 Å². The van der Waals surface area contributed by atoms with Crippen molar-refractivity contribution in [2.75, 3.05) is 30.2 Å². The van der Waals surface area contributed by atoms with Crippen LogP contribution in [0.3, 0.4) is 0 Å². The largest absolute Gasteiger partial charge is 0.355 e. The van der Waals surface area contributed by atoms with Crippen LogP contribution in [-0.4, -0.2) is 57.1 Å². The molecule has 174 valence electrons. The van der Waals surface area contributed by atoms with Gasteiger partial charge in [0.2, 0.25) is 21.8 Å². The second-order valence-electron chi connectivity index (χ2n) is 7.26. The van der Waals surface area contributed by atoms with Gasteiger partial charge in [-0.3, -0.25) is 13.9 Å². The molecule has 0 saturated heterocycles. The molecule has 0 aliphatic carbocycles. The smallest absolute Gasteiger partial charge is 0.244 e. The Morgan fingerprint density at radius 2 is 1.81 bits per heavy atom. The van der Waals surface area contributed by atoms with Gasteiger partial charge in [0, 0.05) is 13.1 Å². The Kier molecular flexibility index (Phi) is 9.03. The van der Waals surface area contributed by atoms with Gasteiger partial charge in [0.25, 0.3) is 0 Å². The number of halogens is 2. The molecule has 32 heavy (non-hydrogen) atoms. The number of nitrogens with one attached hydrogen (secondary N) is 1. The summed E-state index contributed by atoms with van der Waals surface area (Å²) in [6, 6.07) is 12.0. The molecule has 0 aliphatic heterocycles. The average molecular weight is 484 g/mol. The van der Waals surface area contributed by atoms with E-state index in [-0.39, 0.29) is 23.2 Å². The van der Waals surface area contributed by atoms with Crippen LogP contribution < -0.4 is 9.62 Å². The van der Waals surface area contributed by atoms with Crippen molar-refractivity contribution in [2.45, 2.75) is 26.3 Å². The fourth-order valence-corrected chi connectivity index (χ4v) is 4.16. The summed E-state index contributed by atoms with van der Waals surface area (Å²) in [5.41, 5.74) is 1.03. The zero-order chi connectivity index (χ0) is 23.9. The minimum Gasteiger partial charge on any atom is -0.355 e. The molecular weight excluding hydrogens is 457 g/mol. The molecule has 2 amide bonds. The summed E-state index contributed by atoms with van der Waals surface area (Å²) in [4.78, 5) is 27.0. The molecule has 7 nitrogen and oxygen atoms in total. The van der Waals surface area contributed by atoms with Crippen molar-refractivity contribution < 1.29 is 22.4 Å². The van der Waals surface area contributed by atoms with E-state index in [0.29, 0.717) is 13.0 Å². The van der Waals surface area contributed by atoms with Crippen LogP contribution in [0.1, 0.15) is 19.4 Å². The van der Waals surface area contributed by atoms with Gasteiger partial charge < -0.3 is 10.2 Å². The van der Waals surface area contributed by atoms with Gasteiger partial charge in [-0.05, 0) is 44.0 Å². The molecule has 0 aromatic heterocycles. The molecule has 0 fully saturated rings. The monoisotopic (exact) mass is 483 g/mol. The Labute approximate surface area is 193 Å². The molecule has 1 unspecified atom stereocenters. The van der Waals surface area contributed by atoms with Gasteiger partial charge in [-0.1, -0.05) is 41.9 Å². The number of nitrogens with zero attached hydrogens (tertiary/aromatic N) is 2. The van der Waals surface area contributed by atoms with Gasteiger partial charge in [-0.15, -0.1) is 0 Å². The number of carbonyl (C=O) groups excluding carboxylic acids is 2. The van der Waals surface area contributed by atoms with Crippen molar-refractivity contribution in [1.82, 2.24) is 10.2 Å². The molecule has 10 heteroatoms. The van der Waals surface area contributed by atoms with Crippen LogP contribution in [0.5, 0.6) is 0 Å². The lowest BCUT2D eigenvalue weighted by Crippen LogP contribution is -2.52. The predicted molar refractivity (Wildman–Crippen MR) is 124 cm³/mol. The maximum absolute atomic E-state index is 13.6. The zero-order valence-electron chi connectivity index (χ0n) is 18.2. The maximum Gasteiger partial charge on any atom is 0.244 e. The summed E-state index contributed by atoms with van der Waals surface area (Å²) in [7, 11) is -3.90. The average Bonchev–Trinajstić information content (AvgIpc) is 2.74.